The fourth-order valence-corrected chi connectivity index (χ4v) is 5.81. The number of rotatable bonds is 12. The Labute approximate surface area is 255 Å². The average molecular weight is 641 g/mol. The van der Waals surface area contributed by atoms with Gasteiger partial charge < -0.3 is 19.7 Å². The lowest BCUT2D eigenvalue weighted by molar-refractivity contribution is -0.139. The maximum absolute atomic E-state index is 14.0. The average Bonchev–Trinajstić information content (AvgIpc) is 2.95. The van der Waals surface area contributed by atoms with Crippen LogP contribution in [-0.4, -0.2) is 58.0 Å². The molecule has 0 aliphatic carbocycles. The highest BCUT2D eigenvalue weighted by Crippen LogP contribution is 2.32. The summed E-state index contributed by atoms with van der Waals surface area (Å²) < 4.78 is 53.1. The second-order valence-corrected chi connectivity index (χ2v) is 12.3. The van der Waals surface area contributed by atoms with Crippen molar-refractivity contribution in [2.45, 2.75) is 44.3 Å². The van der Waals surface area contributed by atoms with Crippen LogP contribution in [-0.2, 0) is 26.2 Å². The van der Waals surface area contributed by atoms with E-state index in [-0.39, 0.29) is 33.9 Å². The highest BCUT2D eigenvalue weighted by Gasteiger charge is 2.33. The van der Waals surface area contributed by atoms with Gasteiger partial charge in [0.15, 0.2) is 11.5 Å². The van der Waals surface area contributed by atoms with E-state index in [9.17, 15) is 22.4 Å². The molecule has 226 valence electrons. The summed E-state index contributed by atoms with van der Waals surface area (Å²) >= 11 is 12.2. The molecule has 13 heteroatoms. The fraction of sp³-hybridized carbons (Fsp3) is 0.310. The molecule has 0 saturated heterocycles. The van der Waals surface area contributed by atoms with Gasteiger partial charge in [-0.15, -0.1) is 0 Å². The van der Waals surface area contributed by atoms with Crippen molar-refractivity contribution in [2.24, 2.45) is 0 Å². The number of carbonyl (C=O) groups is 2. The third-order valence-corrected chi connectivity index (χ3v) is 8.78. The highest BCUT2D eigenvalue weighted by atomic mass is 35.5. The molecule has 0 aromatic heterocycles. The normalized spacial score (nSPS) is 12.0. The van der Waals surface area contributed by atoms with Crippen LogP contribution in [0.5, 0.6) is 11.5 Å². The number of sulfonamides is 1. The summed E-state index contributed by atoms with van der Waals surface area (Å²) in [5, 5.41) is 3.34. The van der Waals surface area contributed by atoms with Crippen molar-refractivity contribution >= 4 is 50.7 Å². The first-order valence-corrected chi connectivity index (χ1v) is 15.0. The Kier molecular flexibility index (Phi) is 11.1. The van der Waals surface area contributed by atoms with E-state index < -0.39 is 40.2 Å². The maximum atomic E-state index is 14.0. The van der Waals surface area contributed by atoms with Crippen molar-refractivity contribution < 1.29 is 31.9 Å². The SMILES string of the molecule is COc1ccc(S(=O)(=O)N(CC(=O)N(Cc2ccc(Cl)c(Cl)c2)[C@H](C)C(=O)NC(C)C)c2ccc(F)cc2)cc1OC. The van der Waals surface area contributed by atoms with Gasteiger partial charge in [-0.3, -0.25) is 13.9 Å². The van der Waals surface area contributed by atoms with Crippen LogP contribution in [0.25, 0.3) is 0 Å². The van der Waals surface area contributed by atoms with Crippen molar-refractivity contribution in [3.05, 3.63) is 82.1 Å². The van der Waals surface area contributed by atoms with Gasteiger partial charge in [0.1, 0.15) is 18.4 Å². The van der Waals surface area contributed by atoms with Crippen molar-refractivity contribution in [3.8, 4) is 11.5 Å². The molecule has 0 saturated carbocycles. The molecular weight excluding hydrogens is 608 g/mol. The van der Waals surface area contributed by atoms with Gasteiger partial charge in [0, 0.05) is 18.7 Å². The number of benzene rings is 3. The first-order valence-electron chi connectivity index (χ1n) is 12.8. The minimum absolute atomic E-state index is 0.0355. The van der Waals surface area contributed by atoms with E-state index in [1.165, 1.54) is 56.4 Å². The van der Waals surface area contributed by atoms with Gasteiger partial charge in [-0.25, -0.2) is 12.8 Å². The van der Waals surface area contributed by atoms with E-state index in [1.807, 2.05) is 0 Å². The molecule has 0 bridgehead atoms. The zero-order chi connectivity index (χ0) is 31.2. The summed E-state index contributed by atoms with van der Waals surface area (Å²) in [7, 11) is -1.64. The molecule has 0 fully saturated rings. The van der Waals surface area contributed by atoms with Crippen LogP contribution >= 0.6 is 23.2 Å². The molecule has 1 atom stereocenters. The molecule has 0 aliphatic heterocycles. The van der Waals surface area contributed by atoms with E-state index in [4.69, 9.17) is 32.7 Å². The summed E-state index contributed by atoms with van der Waals surface area (Å²) in [6.07, 6.45) is 0. The predicted octanol–water partition coefficient (Wildman–Crippen LogP) is 5.29. The number of carbonyl (C=O) groups excluding carboxylic acids is 2. The summed E-state index contributed by atoms with van der Waals surface area (Å²) in [4.78, 5) is 28.0. The molecule has 3 aromatic rings. The molecule has 0 spiro atoms. The lowest BCUT2D eigenvalue weighted by Crippen LogP contribution is -2.52. The number of methoxy groups -OCH3 is 2. The number of nitrogens with zero attached hydrogens (tertiary/aromatic N) is 2. The Morgan fingerprint density at radius 3 is 2.12 bits per heavy atom. The number of hydrogen-bond acceptors (Lipinski definition) is 6. The summed E-state index contributed by atoms with van der Waals surface area (Å²) in [5.74, 6) is -1.26. The molecule has 42 heavy (non-hydrogen) atoms. The van der Waals surface area contributed by atoms with Gasteiger partial charge in [0.25, 0.3) is 10.0 Å². The second kappa shape index (κ2) is 14.1. The van der Waals surface area contributed by atoms with E-state index in [0.29, 0.717) is 16.3 Å². The van der Waals surface area contributed by atoms with Crippen LogP contribution in [0.3, 0.4) is 0 Å². The van der Waals surface area contributed by atoms with Crippen LogP contribution in [0.2, 0.25) is 10.0 Å². The monoisotopic (exact) mass is 639 g/mol. The van der Waals surface area contributed by atoms with E-state index in [2.05, 4.69) is 5.32 Å². The van der Waals surface area contributed by atoms with Crippen molar-refractivity contribution in [1.29, 1.82) is 0 Å². The van der Waals surface area contributed by atoms with Crippen molar-refractivity contribution in [3.63, 3.8) is 0 Å². The topological polar surface area (TPSA) is 105 Å². The number of nitrogens with one attached hydrogen (secondary N) is 1. The van der Waals surface area contributed by atoms with Crippen molar-refractivity contribution in [1.82, 2.24) is 10.2 Å². The zero-order valence-corrected chi connectivity index (χ0v) is 26.1. The lowest BCUT2D eigenvalue weighted by Gasteiger charge is -2.32. The number of anilines is 1. The minimum atomic E-state index is -4.41. The zero-order valence-electron chi connectivity index (χ0n) is 23.7. The summed E-state index contributed by atoms with van der Waals surface area (Å²) in [6, 6.07) is 12.2. The molecule has 3 rings (SSSR count). The first-order chi connectivity index (χ1) is 19.8. The van der Waals surface area contributed by atoms with Gasteiger partial charge in [-0.1, -0.05) is 29.3 Å². The van der Waals surface area contributed by atoms with Gasteiger partial charge in [-0.05, 0) is 74.9 Å². The third-order valence-electron chi connectivity index (χ3n) is 6.27. The molecular formula is C29H32Cl2FN3O6S. The standard InChI is InChI=1S/C29H32Cl2FN3O6S/c1-18(2)33-29(37)19(3)34(16-20-6-12-24(30)25(31)14-20)28(36)17-35(22-9-7-21(32)8-10-22)42(38,39)23-11-13-26(40-4)27(15-23)41-5/h6-15,18-19H,16-17H2,1-5H3,(H,33,37)/t19-/m1/s1. The Bertz CT molecular complexity index is 1540. The third kappa shape index (κ3) is 7.84. The molecule has 3 aromatic carbocycles. The fourth-order valence-electron chi connectivity index (χ4n) is 4.06. The van der Waals surface area contributed by atoms with E-state index in [0.717, 1.165) is 16.4 Å². The van der Waals surface area contributed by atoms with Gasteiger partial charge >= 0.3 is 0 Å². The van der Waals surface area contributed by atoms with E-state index >= 15 is 0 Å². The largest absolute Gasteiger partial charge is 0.493 e. The van der Waals surface area contributed by atoms with Crippen LogP contribution in [0.1, 0.15) is 26.3 Å². The van der Waals surface area contributed by atoms with Gasteiger partial charge in [-0.2, -0.15) is 0 Å². The smallest absolute Gasteiger partial charge is 0.264 e. The quantitative estimate of drug-likeness (QED) is 0.289. The first kappa shape index (κ1) is 33.0. The maximum Gasteiger partial charge on any atom is 0.264 e. The lowest BCUT2D eigenvalue weighted by atomic mass is 10.1. The number of ether oxygens (including phenoxy) is 2. The van der Waals surface area contributed by atoms with Crippen LogP contribution in [0, 0.1) is 5.82 Å². The molecule has 0 unspecified atom stereocenters. The highest BCUT2D eigenvalue weighted by molar-refractivity contribution is 7.92. The Balaban J connectivity index is 2.08. The summed E-state index contributed by atoms with van der Waals surface area (Å²) in [5.41, 5.74) is 0.603. The Morgan fingerprint density at radius 2 is 1.55 bits per heavy atom. The Hall–Kier alpha value is -3.54. The summed E-state index contributed by atoms with van der Waals surface area (Å²) in [6.45, 7) is 4.32. The molecule has 2 amide bonds. The van der Waals surface area contributed by atoms with Crippen LogP contribution in [0.4, 0.5) is 10.1 Å². The van der Waals surface area contributed by atoms with E-state index in [1.54, 1.807) is 32.0 Å². The number of hydrogen-bond donors (Lipinski definition) is 1. The van der Waals surface area contributed by atoms with Gasteiger partial charge in [0.05, 0.1) is 34.8 Å². The molecule has 9 nitrogen and oxygen atoms in total. The number of amides is 2. The minimum Gasteiger partial charge on any atom is -0.493 e. The van der Waals surface area contributed by atoms with Gasteiger partial charge in [0.2, 0.25) is 11.8 Å². The second-order valence-electron chi connectivity index (χ2n) is 9.61. The molecule has 1 N–H and O–H groups in total. The van der Waals surface area contributed by atoms with Crippen molar-refractivity contribution in [2.75, 3.05) is 25.1 Å². The van der Waals surface area contributed by atoms with Crippen LogP contribution in [0.15, 0.2) is 65.6 Å². The Morgan fingerprint density at radius 1 is 0.905 bits per heavy atom. The van der Waals surface area contributed by atoms with Crippen LogP contribution < -0.4 is 19.1 Å². The predicted molar refractivity (Wildman–Crippen MR) is 160 cm³/mol. The molecule has 0 radical (unpaired) electrons. The number of halogens is 3. The molecule has 0 aliphatic rings. The molecule has 0 heterocycles.